The van der Waals surface area contributed by atoms with Crippen LogP contribution < -0.4 is 4.89 Å². The van der Waals surface area contributed by atoms with E-state index in [4.69, 9.17) is 18.5 Å². The average molecular weight is 832 g/mol. The Kier molecular flexibility index (Phi) is 39.8. The van der Waals surface area contributed by atoms with E-state index in [1.54, 1.807) is 0 Å². The fraction of sp³-hybridized carbons (Fsp3) is 0.694. The molecule has 58 heavy (non-hydrogen) atoms. The molecule has 0 fully saturated rings. The van der Waals surface area contributed by atoms with E-state index in [1.807, 2.05) is 21.1 Å². The van der Waals surface area contributed by atoms with Crippen molar-refractivity contribution in [3.05, 3.63) is 85.1 Å². The molecule has 0 rings (SSSR count). The smallest absolute Gasteiger partial charge is 0.306 e. The lowest BCUT2D eigenvalue weighted by Gasteiger charge is -2.28. The van der Waals surface area contributed by atoms with Crippen molar-refractivity contribution in [3.63, 3.8) is 0 Å². The number of nitrogens with zero attached hydrogens (tertiary/aromatic N) is 1. The zero-order valence-electron chi connectivity index (χ0n) is 37.7. The van der Waals surface area contributed by atoms with E-state index in [9.17, 15) is 14.3 Å². The lowest BCUT2D eigenvalue weighted by Crippen LogP contribution is -2.37. The highest BCUT2D eigenvalue weighted by Gasteiger charge is 2.20. The first-order valence-corrected chi connectivity index (χ1v) is 24.3. The largest absolute Gasteiger partial charge is 0.756 e. The van der Waals surface area contributed by atoms with E-state index in [1.165, 1.54) is 38.5 Å². The summed E-state index contributed by atoms with van der Waals surface area (Å²) in [5, 5.41) is 0. The monoisotopic (exact) mass is 832 g/mol. The Balaban J connectivity index is 4.15. The number of ether oxygens (including phenoxy) is 2. The Morgan fingerprint density at radius 2 is 1.00 bits per heavy atom. The van der Waals surface area contributed by atoms with E-state index in [0.29, 0.717) is 24.1 Å². The van der Waals surface area contributed by atoms with Gasteiger partial charge in [-0.2, -0.15) is 0 Å². The van der Waals surface area contributed by atoms with Crippen molar-refractivity contribution >= 4 is 13.8 Å². The molecule has 0 aromatic carbocycles. The summed E-state index contributed by atoms with van der Waals surface area (Å²) >= 11 is 0. The number of esters is 1. The Morgan fingerprint density at radius 3 is 1.52 bits per heavy atom. The third-order valence-corrected chi connectivity index (χ3v) is 10.1. The van der Waals surface area contributed by atoms with Crippen molar-refractivity contribution in [2.45, 2.75) is 168 Å². The van der Waals surface area contributed by atoms with Gasteiger partial charge in [-0.05, 0) is 83.5 Å². The molecule has 0 aliphatic rings. The molecule has 0 aliphatic heterocycles. The molecule has 0 amide bonds. The molecule has 0 N–H and O–H groups in total. The molecule has 2 atom stereocenters. The number of quaternary nitrogens is 1. The van der Waals surface area contributed by atoms with E-state index >= 15 is 0 Å². The lowest BCUT2D eigenvalue weighted by molar-refractivity contribution is -0.870. The summed E-state index contributed by atoms with van der Waals surface area (Å²) in [7, 11) is 1.33. The van der Waals surface area contributed by atoms with Crippen LogP contribution in [0.5, 0.6) is 0 Å². The predicted octanol–water partition coefficient (Wildman–Crippen LogP) is 13.0. The molecule has 0 bridgehead atoms. The van der Waals surface area contributed by atoms with Crippen LogP contribution in [0.2, 0.25) is 0 Å². The molecule has 0 aromatic heterocycles. The summed E-state index contributed by atoms with van der Waals surface area (Å²) in [6, 6.07) is 0. The molecule has 0 radical (unpaired) electrons. The third-order valence-electron chi connectivity index (χ3n) is 9.16. The molecule has 0 heterocycles. The predicted molar refractivity (Wildman–Crippen MR) is 245 cm³/mol. The van der Waals surface area contributed by atoms with Gasteiger partial charge in [0.2, 0.25) is 0 Å². The summed E-state index contributed by atoms with van der Waals surface area (Å²) in [4.78, 5) is 25.0. The van der Waals surface area contributed by atoms with Crippen LogP contribution in [0.4, 0.5) is 0 Å². The fourth-order valence-corrected chi connectivity index (χ4v) is 6.40. The maximum absolute atomic E-state index is 12.6. The molecule has 0 aliphatic carbocycles. The molecule has 0 aromatic rings. The Labute approximate surface area is 356 Å². The molecule has 0 saturated carbocycles. The highest BCUT2D eigenvalue weighted by molar-refractivity contribution is 7.45. The molecule has 334 valence electrons. The van der Waals surface area contributed by atoms with Crippen LogP contribution in [-0.2, 0) is 27.9 Å². The van der Waals surface area contributed by atoms with Gasteiger partial charge in [0.25, 0.3) is 7.82 Å². The summed E-state index contributed by atoms with van der Waals surface area (Å²) < 4.78 is 34.5. The second-order valence-corrected chi connectivity index (χ2v) is 17.4. The second kappa shape index (κ2) is 41.4. The van der Waals surface area contributed by atoms with Crippen LogP contribution in [0, 0.1) is 0 Å². The van der Waals surface area contributed by atoms with Crippen LogP contribution in [0.25, 0.3) is 0 Å². The number of rotatable bonds is 41. The Hall–Kier alpha value is -2.32. The van der Waals surface area contributed by atoms with Crippen LogP contribution in [0.3, 0.4) is 0 Å². The molecule has 0 saturated heterocycles. The number of carbonyl (C=O) groups is 1. The van der Waals surface area contributed by atoms with Gasteiger partial charge in [-0.1, -0.05) is 157 Å². The van der Waals surface area contributed by atoms with Gasteiger partial charge in [-0.25, -0.2) is 0 Å². The molecule has 0 spiro atoms. The van der Waals surface area contributed by atoms with Crippen molar-refractivity contribution < 1.29 is 37.3 Å². The van der Waals surface area contributed by atoms with Crippen LogP contribution in [0.1, 0.15) is 162 Å². The Morgan fingerprint density at radius 1 is 0.552 bits per heavy atom. The first kappa shape index (κ1) is 55.7. The van der Waals surface area contributed by atoms with Gasteiger partial charge in [0.1, 0.15) is 19.3 Å². The van der Waals surface area contributed by atoms with E-state index in [0.717, 1.165) is 103 Å². The second-order valence-electron chi connectivity index (χ2n) is 16.0. The number of carbonyl (C=O) groups excluding carboxylic acids is 1. The number of phosphoric acid groups is 1. The normalized spacial score (nSPS) is 14.5. The molecular weight excluding hydrogens is 746 g/mol. The highest BCUT2D eigenvalue weighted by atomic mass is 31.2. The SMILES string of the molecule is CC/C=C\C/C=C\C/C=C\C/C=C\C/C=C\C/C=C\CCCCCCCCCOCC(COP(=O)([O-])OCC[N+](C)(C)C)OC(=O)CCCCCCC/C=C\CCC. The van der Waals surface area contributed by atoms with Gasteiger partial charge in [0.05, 0.1) is 34.4 Å². The minimum Gasteiger partial charge on any atom is -0.756 e. The number of unbranched alkanes of at least 4 members (excludes halogenated alkanes) is 13. The molecule has 9 heteroatoms. The van der Waals surface area contributed by atoms with E-state index in [-0.39, 0.29) is 25.8 Å². The quantitative estimate of drug-likeness (QED) is 0.0199. The minimum atomic E-state index is -4.53. The number of hydrogen-bond acceptors (Lipinski definition) is 7. The van der Waals surface area contributed by atoms with Crippen molar-refractivity contribution in [2.24, 2.45) is 0 Å². The molecule has 2 unspecified atom stereocenters. The summed E-state index contributed by atoms with van der Waals surface area (Å²) in [6.45, 7) is 5.17. The number of hydrogen-bond donors (Lipinski definition) is 0. The van der Waals surface area contributed by atoms with Gasteiger partial charge in [0, 0.05) is 13.0 Å². The highest BCUT2D eigenvalue weighted by Crippen LogP contribution is 2.38. The van der Waals surface area contributed by atoms with Gasteiger partial charge in [-0.3, -0.25) is 9.36 Å². The van der Waals surface area contributed by atoms with Gasteiger partial charge in [0.15, 0.2) is 0 Å². The molecular formula is C49H86NO7P. The van der Waals surface area contributed by atoms with Crippen molar-refractivity contribution in [1.29, 1.82) is 0 Å². The standard InChI is InChI=1S/C49H86NO7P/c1-6-8-10-12-14-16-18-19-20-21-22-23-24-25-26-27-28-29-30-31-32-33-35-37-39-41-44-54-46-48(47-56-58(52,53)55-45-43-50(3,4)5)57-49(51)42-40-38-36-34-17-15-13-11-9-7-2/h8,10-11,13-14,16,19-20,22-23,25-26,28-29,48H,6-7,9,12,15,17-18,21,24,27,30-47H2,1-5H3/b10-8-,13-11-,16-14-,20-19-,23-22-,26-25-,29-28-. The van der Waals surface area contributed by atoms with Crippen molar-refractivity contribution in [2.75, 3.05) is 54.1 Å². The third kappa shape index (κ3) is 44.8. The summed E-state index contributed by atoms with van der Waals surface area (Å²) in [5.41, 5.74) is 0. The van der Waals surface area contributed by atoms with E-state index in [2.05, 4.69) is 98.9 Å². The van der Waals surface area contributed by atoms with Crippen LogP contribution in [-0.4, -0.2) is 70.7 Å². The van der Waals surface area contributed by atoms with Crippen LogP contribution in [0.15, 0.2) is 85.1 Å². The average Bonchev–Trinajstić information content (AvgIpc) is 3.18. The zero-order chi connectivity index (χ0) is 42.7. The topological polar surface area (TPSA) is 94.1 Å². The minimum absolute atomic E-state index is 0.0176. The van der Waals surface area contributed by atoms with Crippen LogP contribution >= 0.6 is 7.82 Å². The van der Waals surface area contributed by atoms with Crippen molar-refractivity contribution in [1.82, 2.24) is 0 Å². The summed E-state index contributed by atoms with van der Waals surface area (Å²) in [5.74, 6) is -0.354. The first-order chi connectivity index (χ1) is 28.1. The first-order valence-electron chi connectivity index (χ1n) is 22.8. The van der Waals surface area contributed by atoms with Gasteiger partial charge >= 0.3 is 5.97 Å². The summed E-state index contributed by atoms with van der Waals surface area (Å²) in [6.07, 6.45) is 54.7. The molecule has 8 nitrogen and oxygen atoms in total. The van der Waals surface area contributed by atoms with Gasteiger partial charge in [-0.15, -0.1) is 0 Å². The lowest BCUT2D eigenvalue weighted by atomic mass is 10.1. The van der Waals surface area contributed by atoms with Gasteiger partial charge < -0.3 is 27.9 Å². The zero-order valence-corrected chi connectivity index (χ0v) is 38.6. The van der Waals surface area contributed by atoms with Crippen molar-refractivity contribution in [3.8, 4) is 0 Å². The fourth-order valence-electron chi connectivity index (χ4n) is 5.67. The maximum Gasteiger partial charge on any atom is 0.306 e. The number of phosphoric ester groups is 1. The van der Waals surface area contributed by atoms with E-state index < -0.39 is 13.9 Å². The Bertz CT molecular complexity index is 1200. The number of allylic oxidation sites excluding steroid dienone is 14. The maximum atomic E-state index is 12.6. The number of likely N-dealkylation sites (N-methyl/N-ethyl adjacent to an activating group) is 1.